The van der Waals surface area contributed by atoms with Gasteiger partial charge >= 0.3 is 0 Å². The Balaban J connectivity index is 1.80. The Bertz CT molecular complexity index is 1330. The van der Waals surface area contributed by atoms with Gasteiger partial charge in [-0.15, -0.1) is 0 Å². The van der Waals surface area contributed by atoms with E-state index in [4.69, 9.17) is 11.6 Å². The van der Waals surface area contributed by atoms with Crippen LogP contribution >= 0.6 is 11.6 Å². The van der Waals surface area contributed by atoms with Crippen LogP contribution in [-0.4, -0.2) is 28.9 Å². The molecule has 30 heavy (non-hydrogen) atoms. The van der Waals surface area contributed by atoms with Gasteiger partial charge in [-0.3, -0.25) is 4.79 Å². The van der Waals surface area contributed by atoms with Gasteiger partial charge < -0.3 is 14.9 Å². The molecular weight excluding hydrogens is 424 g/mol. The standard InChI is InChI=1S/C21H19ClN4O3S/c1-2-26-11-10-23-18(26)13-24-21(27)19-20(16-12-14(22)8-9-17(16)25-19)30(28,29)15-6-4-3-5-7-15/h3-12,25H,2,13H2,1H3,(H,24,27). The SMILES string of the molecule is CCn1ccnc1CNC(=O)c1[nH]c2ccc(Cl)cc2c1S(=O)(=O)c1ccccc1. The van der Waals surface area contributed by atoms with Gasteiger partial charge in [-0.2, -0.15) is 0 Å². The Morgan fingerprint density at radius 3 is 2.70 bits per heavy atom. The third-order valence-corrected chi connectivity index (χ3v) is 6.90. The first-order chi connectivity index (χ1) is 14.4. The Labute approximate surface area is 178 Å². The molecule has 2 N–H and O–H groups in total. The van der Waals surface area contributed by atoms with E-state index in [0.717, 1.165) is 0 Å². The molecular formula is C21H19ClN4O3S. The van der Waals surface area contributed by atoms with Crippen molar-refractivity contribution in [2.75, 3.05) is 0 Å². The van der Waals surface area contributed by atoms with Crippen LogP contribution in [0.2, 0.25) is 5.02 Å². The van der Waals surface area contributed by atoms with Crippen molar-refractivity contribution >= 4 is 38.2 Å². The van der Waals surface area contributed by atoms with Crippen molar-refractivity contribution in [1.29, 1.82) is 0 Å². The molecule has 0 saturated heterocycles. The topological polar surface area (TPSA) is 96.8 Å². The van der Waals surface area contributed by atoms with Crippen molar-refractivity contribution in [3.63, 3.8) is 0 Å². The number of sulfone groups is 1. The van der Waals surface area contributed by atoms with Crippen LogP contribution in [0.25, 0.3) is 10.9 Å². The molecule has 0 bridgehead atoms. The number of carbonyl (C=O) groups is 1. The van der Waals surface area contributed by atoms with Gasteiger partial charge in [-0.1, -0.05) is 29.8 Å². The van der Waals surface area contributed by atoms with Gasteiger partial charge in [-0.05, 0) is 37.3 Å². The summed E-state index contributed by atoms with van der Waals surface area (Å²) in [5.41, 5.74) is 0.472. The lowest BCUT2D eigenvalue weighted by Gasteiger charge is -2.09. The number of imidazole rings is 1. The van der Waals surface area contributed by atoms with E-state index in [1.807, 2.05) is 17.7 Å². The van der Waals surface area contributed by atoms with Gasteiger partial charge in [0.1, 0.15) is 16.4 Å². The molecule has 4 aromatic rings. The summed E-state index contributed by atoms with van der Waals surface area (Å²) in [7, 11) is -3.97. The highest BCUT2D eigenvalue weighted by Gasteiger charge is 2.29. The third kappa shape index (κ3) is 3.59. The molecule has 0 fully saturated rings. The molecule has 0 saturated carbocycles. The van der Waals surface area contributed by atoms with Crippen molar-refractivity contribution in [3.05, 3.63) is 77.5 Å². The highest BCUT2D eigenvalue weighted by molar-refractivity contribution is 7.91. The number of hydrogen-bond acceptors (Lipinski definition) is 4. The van der Waals surface area contributed by atoms with Crippen LogP contribution in [0.5, 0.6) is 0 Å². The molecule has 2 aromatic carbocycles. The predicted molar refractivity (Wildman–Crippen MR) is 114 cm³/mol. The van der Waals surface area contributed by atoms with Gasteiger partial charge in [0.15, 0.2) is 0 Å². The predicted octanol–water partition coefficient (Wildman–Crippen LogP) is 3.80. The average Bonchev–Trinajstić information content (AvgIpc) is 3.36. The largest absolute Gasteiger partial charge is 0.349 e. The zero-order valence-corrected chi connectivity index (χ0v) is 17.7. The van der Waals surface area contributed by atoms with E-state index in [1.54, 1.807) is 42.6 Å². The second-order valence-corrected chi connectivity index (χ2v) is 8.97. The summed E-state index contributed by atoms with van der Waals surface area (Å²) < 4.78 is 28.7. The number of aryl methyl sites for hydroxylation is 1. The van der Waals surface area contributed by atoms with Crippen LogP contribution in [0.3, 0.4) is 0 Å². The lowest BCUT2D eigenvalue weighted by molar-refractivity contribution is 0.0942. The van der Waals surface area contributed by atoms with Crippen LogP contribution in [0.1, 0.15) is 23.2 Å². The van der Waals surface area contributed by atoms with Crippen LogP contribution in [0.4, 0.5) is 0 Å². The fourth-order valence-corrected chi connectivity index (χ4v) is 5.13. The molecule has 0 atom stereocenters. The van der Waals surface area contributed by atoms with Crippen LogP contribution in [0, 0.1) is 0 Å². The fraction of sp³-hybridized carbons (Fsp3) is 0.143. The summed E-state index contributed by atoms with van der Waals surface area (Å²) in [4.78, 5) is 20.2. The van der Waals surface area contributed by atoms with E-state index >= 15 is 0 Å². The molecule has 0 aliphatic heterocycles. The number of amides is 1. The maximum atomic E-state index is 13.4. The first-order valence-electron chi connectivity index (χ1n) is 9.31. The molecule has 154 valence electrons. The average molecular weight is 443 g/mol. The maximum absolute atomic E-state index is 13.4. The quantitative estimate of drug-likeness (QED) is 0.474. The second kappa shape index (κ2) is 7.97. The maximum Gasteiger partial charge on any atom is 0.269 e. The smallest absolute Gasteiger partial charge is 0.269 e. The number of aromatic nitrogens is 3. The molecule has 2 aromatic heterocycles. The minimum absolute atomic E-state index is 0.0364. The zero-order chi connectivity index (χ0) is 21.3. The van der Waals surface area contributed by atoms with Crippen molar-refractivity contribution in [2.24, 2.45) is 0 Å². The number of halogens is 1. The molecule has 0 aliphatic rings. The van der Waals surface area contributed by atoms with E-state index in [0.29, 0.717) is 28.3 Å². The molecule has 1 amide bonds. The number of carbonyl (C=O) groups excluding carboxylic acids is 1. The highest BCUT2D eigenvalue weighted by Crippen LogP contribution is 2.33. The summed E-state index contributed by atoms with van der Waals surface area (Å²) in [6, 6.07) is 12.8. The minimum Gasteiger partial charge on any atom is -0.349 e. The van der Waals surface area contributed by atoms with Crippen LogP contribution in [-0.2, 0) is 22.9 Å². The Morgan fingerprint density at radius 2 is 1.97 bits per heavy atom. The summed E-state index contributed by atoms with van der Waals surface area (Å²) >= 11 is 6.12. The van der Waals surface area contributed by atoms with Crippen molar-refractivity contribution < 1.29 is 13.2 Å². The van der Waals surface area contributed by atoms with Gasteiger partial charge in [0.2, 0.25) is 9.84 Å². The molecule has 0 unspecified atom stereocenters. The number of H-pyrrole nitrogens is 1. The Hall–Kier alpha value is -3.10. The van der Waals surface area contributed by atoms with Gasteiger partial charge in [0.25, 0.3) is 5.91 Å². The van der Waals surface area contributed by atoms with E-state index in [1.165, 1.54) is 12.1 Å². The molecule has 0 radical (unpaired) electrons. The van der Waals surface area contributed by atoms with E-state index in [2.05, 4.69) is 15.3 Å². The number of nitrogens with zero attached hydrogens (tertiary/aromatic N) is 2. The lowest BCUT2D eigenvalue weighted by Crippen LogP contribution is -2.26. The lowest BCUT2D eigenvalue weighted by atomic mass is 10.2. The van der Waals surface area contributed by atoms with E-state index in [-0.39, 0.29) is 22.0 Å². The first-order valence-corrected chi connectivity index (χ1v) is 11.2. The second-order valence-electron chi connectivity index (χ2n) is 6.65. The molecule has 4 rings (SSSR count). The summed E-state index contributed by atoms with van der Waals surface area (Å²) in [6.45, 7) is 2.85. The zero-order valence-electron chi connectivity index (χ0n) is 16.1. The molecule has 0 aliphatic carbocycles. The number of rotatable bonds is 6. The van der Waals surface area contributed by atoms with Crippen LogP contribution < -0.4 is 5.32 Å². The fourth-order valence-electron chi connectivity index (χ4n) is 3.34. The van der Waals surface area contributed by atoms with Gasteiger partial charge in [-0.25, -0.2) is 13.4 Å². The van der Waals surface area contributed by atoms with E-state index in [9.17, 15) is 13.2 Å². The molecule has 9 heteroatoms. The molecule has 7 nitrogen and oxygen atoms in total. The number of hydrogen-bond donors (Lipinski definition) is 2. The highest BCUT2D eigenvalue weighted by atomic mass is 35.5. The summed E-state index contributed by atoms with van der Waals surface area (Å²) in [5.74, 6) is 0.139. The van der Waals surface area contributed by atoms with E-state index < -0.39 is 15.7 Å². The van der Waals surface area contributed by atoms with Crippen molar-refractivity contribution in [1.82, 2.24) is 19.9 Å². The first kappa shape index (κ1) is 20.2. The van der Waals surface area contributed by atoms with Crippen molar-refractivity contribution in [2.45, 2.75) is 29.8 Å². The number of nitrogens with one attached hydrogen (secondary N) is 2. The number of fused-ring (bicyclic) bond motifs is 1. The number of aromatic amines is 1. The van der Waals surface area contributed by atoms with Gasteiger partial charge in [0.05, 0.1) is 11.4 Å². The van der Waals surface area contributed by atoms with Gasteiger partial charge in [0, 0.05) is 34.9 Å². The normalized spacial score (nSPS) is 11.7. The summed E-state index contributed by atoms with van der Waals surface area (Å²) in [6.07, 6.45) is 3.47. The molecule has 2 heterocycles. The number of benzene rings is 2. The minimum atomic E-state index is -3.97. The Kier molecular flexibility index (Phi) is 5.36. The third-order valence-electron chi connectivity index (χ3n) is 4.81. The van der Waals surface area contributed by atoms with Crippen LogP contribution in [0.15, 0.2) is 70.7 Å². The monoisotopic (exact) mass is 442 g/mol. The summed E-state index contributed by atoms with van der Waals surface area (Å²) in [5, 5.41) is 3.51. The molecule has 0 spiro atoms. The Morgan fingerprint density at radius 1 is 1.20 bits per heavy atom. The van der Waals surface area contributed by atoms with Crippen molar-refractivity contribution in [3.8, 4) is 0 Å².